The van der Waals surface area contributed by atoms with Crippen molar-refractivity contribution in [3.63, 3.8) is 0 Å². The van der Waals surface area contributed by atoms with Crippen LogP contribution in [0.1, 0.15) is 32.8 Å². The largest absolute Gasteiger partial charge is 0.337 e. The van der Waals surface area contributed by atoms with Crippen LogP contribution >= 0.6 is 0 Å². The molecule has 0 aliphatic rings. The molecule has 0 fully saturated rings. The van der Waals surface area contributed by atoms with Gasteiger partial charge in [0.15, 0.2) is 0 Å². The molecule has 1 rings (SSSR count). The van der Waals surface area contributed by atoms with Gasteiger partial charge in [0.2, 0.25) is 5.95 Å². The Morgan fingerprint density at radius 3 is 2.35 bits per heavy atom. The molecule has 0 saturated heterocycles. The molecule has 0 amide bonds. The van der Waals surface area contributed by atoms with Gasteiger partial charge < -0.3 is 15.1 Å². The molecule has 5 nitrogen and oxygen atoms in total. The van der Waals surface area contributed by atoms with Crippen molar-refractivity contribution in [2.45, 2.75) is 39.8 Å². The number of nitrogens with zero attached hydrogens (tertiary/aromatic N) is 4. The first-order valence-corrected chi connectivity index (χ1v) is 7.51. The molecular formula is C15H29N5. The third kappa shape index (κ3) is 5.43. The van der Waals surface area contributed by atoms with E-state index in [1.165, 1.54) is 0 Å². The number of hydrogen-bond donors (Lipinski definition) is 1. The minimum atomic E-state index is 0.402. The fourth-order valence-electron chi connectivity index (χ4n) is 2.27. The molecule has 0 saturated carbocycles. The summed E-state index contributed by atoms with van der Waals surface area (Å²) >= 11 is 0. The Balaban J connectivity index is 2.64. The highest BCUT2D eigenvalue weighted by atomic mass is 15.3. The van der Waals surface area contributed by atoms with E-state index in [1.807, 2.05) is 12.4 Å². The van der Waals surface area contributed by atoms with Crippen molar-refractivity contribution in [2.24, 2.45) is 0 Å². The van der Waals surface area contributed by atoms with E-state index in [-0.39, 0.29) is 0 Å². The summed E-state index contributed by atoms with van der Waals surface area (Å²) in [6.45, 7) is 10.3. The second-order valence-electron chi connectivity index (χ2n) is 5.47. The zero-order valence-corrected chi connectivity index (χ0v) is 13.6. The highest BCUT2D eigenvalue weighted by Crippen LogP contribution is 2.11. The minimum absolute atomic E-state index is 0.402. The SMILES string of the molecule is CCCNCc1cnc(N(CC)C(C)CN(C)C)nc1. The topological polar surface area (TPSA) is 44.3 Å². The molecule has 1 aromatic rings. The van der Waals surface area contributed by atoms with Crippen LogP contribution in [0.3, 0.4) is 0 Å². The van der Waals surface area contributed by atoms with Crippen molar-refractivity contribution in [1.29, 1.82) is 0 Å². The highest BCUT2D eigenvalue weighted by molar-refractivity contribution is 5.31. The number of hydrogen-bond acceptors (Lipinski definition) is 5. The van der Waals surface area contributed by atoms with Crippen molar-refractivity contribution < 1.29 is 0 Å². The standard InChI is InChI=1S/C15H29N5/c1-6-8-16-9-14-10-17-15(18-11-14)20(7-2)13(3)12-19(4)5/h10-11,13,16H,6-9,12H2,1-5H3. The van der Waals surface area contributed by atoms with Crippen molar-refractivity contribution in [1.82, 2.24) is 20.2 Å². The third-order valence-electron chi connectivity index (χ3n) is 3.21. The molecule has 1 unspecified atom stereocenters. The molecule has 1 atom stereocenters. The van der Waals surface area contributed by atoms with Crippen LogP contribution < -0.4 is 10.2 Å². The summed E-state index contributed by atoms with van der Waals surface area (Å²) in [5.41, 5.74) is 1.14. The second-order valence-corrected chi connectivity index (χ2v) is 5.47. The molecule has 0 aliphatic heterocycles. The minimum Gasteiger partial charge on any atom is -0.337 e. The number of rotatable bonds is 9. The van der Waals surface area contributed by atoms with Crippen molar-refractivity contribution in [3.8, 4) is 0 Å². The van der Waals surface area contributed by atoms with E-state index < -0.39 is 0 Å². The van der Waals surface area contributed by atoms with Crippen LogP contribution in [-0.2, 0) is 6.54 Å². The molecule has 5 heteroatoms. The Morgan fingerprint density at radius 1 is 1.20 bits per heavy atom. The first-order valence-electron chi connectivity index (χ1n) is 7.51. The van der Waals surface area contributed by atoms with Gasteiger partial charge in [0.1, 0.15) is 0 Å². The van der Waals surface area contributed by atoms with Crippen molar-refractivity contribution >= 4 is 5.95 Å². The molecule has 0 aromatic carbocycles. The van der Waals surface area contributed by atoms with Crippen LogP contribution in [0.2, 0.25) is 0 Å². The maximum absolute atomic E-state index is 4.51. The average Bonchev–Trinajstić information content (AvgIpc) is 2.41. The molecule has 0 spiro atoms. The van der Waals surface area contributed by atoms with Gasteiger partial charge in [-0.15, -0.1) is 0 Å². The maximum atomic E-state index is 4.51. The Labute approximate surface area is 123 Å². The predicted octanol–water partition coefficient (Wildman–Crippen LogP) is 1.75. The van der Waals surface area contributed by atoms with Crippen LogP contribution in [0, 0.1) is 0 Å². The summed E-state index contributed by atoms with van der Waals surface area (Å²) in [5, 5.41) is 3.36. The Morgan fingerprint density at radius 2 is 1.85 bits per heavy atom. The average molecular weight is 279 g/mol. The first kappa shape index (κ1) is 16.9. The van der Waals surface area contributed by atoms with Gasteiger partial charge in [0, 0.05) is 43.6 Å². The molecule has 20 heavy (non-hydrogen) atoms. The van der Waals surface area contributed by atoms with E-state index in [9.17, 15) is 0 Å². The number of nitrogens with one attached hydrogen (secondary N) is 1. The molecule has 0 bridgehead atoms. The normalized spacial score (nSPS) is 12.7. The fourth-order valence-corrected chi connectivity index (χ4v) is 2.27. The number of likely N-dealkylation sites (N-methyl/N-ethyl adjacent to an activating group) is 2. The second kappa shape index (κ2) is 8.87. The van der Waals surface area contributed by atoms with Crippen molar-refractivity contribution in [3.05, 3.63) is 18.0 Å². The summed E-state index contributed by atoms with van der Waals surface area (Å²) in [7, 11) is 4.18. The van der Waals surface area contributed by atoms with E-state index in [0.29, 0.717) is 6.04 Å². The van der Waals surface area contributed by atoms with Crippen LogP contribution in [0.4, 0.5) is 5.95 Å². The maximum Gasteiger partial charge on any atom is 0.225 e. The highest BCUT2D eigenvalue weighted by Gasteiger charge is 2.15. The molecule has 1 aromatic heterocycles. The molecule has 1 heterocycles. The number of anilines is 1. The molecule has 114 valence electrons. The van der Waals surface area contributed by atoms with Crippen LogP contribution in [0.15, 0.2) is 12.4 Å². The predicted molar refractivity (Wildman–Crippen MR) is 85.1 cm³/mol. The van der Waals surface area contributed by atoms with E-state index in [4.69, 9.17) is 0 Å². The first-order chi connectivity index (χ1) is 9.58. The summed E-state index contributed by atoms with van der Waals surface area (Å²) < 4.78 is 0. The lowest BCUT2D eigenvalue weighted by Gasteiger charge is -2.30. The Kier molecular flexibility index (Phi) is 7.47. The van der Waals surface area contributed by atoms with E-state index in [1.54, 1.807) is 0 Å². The van der Waals surface area contributed by atoms with Gasteiger partial charge in [0.25, 0.3) is 0 Å². The summed E-state index contributed by atoms with van der Waals surface area (Å²) in [5.74, 6) is 0.820. The molecule has 0 aliphatic carbocycles. The van der Waals surface area contributed by atoms with Gasteiger partial charge in [-0.05, 0) is 40.9 Å². The smallest absolute Gasteiger partial charge is 0.225 e. The van der Waals surface area contributed by atoms with Gasteiger partial charge in [-0.3, -0.25) is 0 Å². The zero-order chi connectivity index (χ0) is 15.0. The van der Waals surface area contributed by atoms with Crippen LogP contribution in [-0.4, -0.2) is 54.6 Å². The van der Waals surface area contributed by atoms with Gasteiger partial charge in [-0.2, -0.15) is 0 Å². The lowest BCUT2D eigenvalue weighted by Crippen LogP contribution is -2.41. The lowest BCUT2D eigenvalue weighted by atomic mass is 10.2. The van der Waals surface area contributed by atoms with Crippen LogP contribution in [0.5, 0.6) is 0 Å². The Hall–Kier alpha value is -1.20. The molecular weight excluding hydrogens is 250 g/mol. The van der Waals surface area contributed by atoms with Crippen molar-refractivity contribution in [2.75, 3.05) is 38.6 Å². The summed E-state index contributed by atoms with van der Waals surface area (Å²) in [6, 6.07) is 0.402. The number of aromatic nitrogens is 2. The Bertz CT molecular complexity index is 363. The van der Waals surface area contributed by atoms with Gasteiger partial charge in [0.05, 0.1) is 0 Å². The van der Waals surface area contributed by atoms with Crippen LogP contribution in [0.25, 0.3) is 0 Å². The zero-order valence-electron chi connectivity index (χ0n) is 13.6. The summed E-state index contributed by atoms with van der Waals surface area (Å²) in [4.78, 5) is 13.5. The van der Waals surface area contributed by atoms with E-state index in [0.717, 1.165) is 44.1 Å². The van der Waals surface area contributed by atoms with E-state index >= 15 is 0 Å². The van der Waals surface area contributed by atoms with Gasteiger partial charge in [-0.1, -0.05) is 6.92 Å². The quantitative estimate of drug-likeness (QED) is 0.698. The van der Waals surface area contributed by atoms with Gasteiger partial charge >= 0.3 is 0 Å². The fraction of sp³-hybridized carbons (Fsp3) is 0.733. The third-order valence-corrected chi connectivity index (χ3v) is 3.21. The molecule has 0 radical (unpaired) electrons. The van der Waals surface area contributed by atoms with E-state index in [2.05, 4.69) is 60.0 Å². The lowest BCUT2D eigenvalue weighted by molar-refractivity contribution is 0.371. The van der Waals surface area contributed by atoms with Gasteiger partial charge in [-0.25, -0.2) is 9.97 Å². The monoisotopic (exact) mass is 279 g/mol. The summed E-state index contributed by atoms with van der Waals surface area (Å²) in [6.07, 6.45) is 5.00. The molecule has 1 N–H and O–H groups in total.